The standard InChI is InChI=1S/C28H32N2O3/c1-21(2)28(32)30(20-24-14-16-25(33-3)17-15-24)26(18-22-10-6-4-7-11-22)27(31)29-19-23-12-8-5-9-13-23/h4-17,21,26H,18-20H2,1-3H3,(H,29,31)/t26-/m1/s1. The van der Waals surface area contributed by atoms with Crippen LogP contribution in [0.3, 0.4) is 0 Å². The highest BCUT2D eigenvalue weighted by Gasteiger charge is 2.31. The molecule has 1 atom stereocenters. The second kappa shape index (κ2) is 11.9. The number of benzene rings is 3. The van der Waals surface area contributed by atoms with Gasteiger partial charge in [0.25, 0.3) is 0 Å². The van der Waals surface area contributed by atoms with E-state index >= 15 is 0 Å². The van der Waals surface area contributed by atoms with Crippen molar-refractivity contribution in [3.63, 3.8) is 0 Å². The summed E-state index contributed by atoms with van der Waals surface area (Å²) in [5.74, 6) is 0.303. The molecule has 3 aromatic carbocycles. The van der Waals surface area contributed by atoms with Crippen LogP contribution in [0, 0.1) is 5.92 Å². The summed E-state index contributed by atoms with van der Waals surface area (Å²) in [5.41, 5.74) is 2.97. The van der Waals surface area contributed by atoms with E-state index in [1.54, 1.807) is 12.0 Å². The van der Waals surface area contributed by atoms with Crippen LogP contribution in [0.2, 0.25) is 0 Å². The van der Waals surface area contributed by atoms with Crippen molar-refractivity contribution in [1.82, 2.24) is 10.2 Å². The molecule has 5 heteroatoms. The van der Waals surface area contributed by atoms with Crippen LogP contribution in [0.15, 0.2) is 84.9 Å². The van der Waals surface area contributed by atoms with Crippen molar-refractivity contribution in [3.8, 4) is 5.75 Å². The molecule has 0 unspecified atom stereocenters. The maximum absolute atomic E-state index is 13.5. The molecule has 0 aliphatic rings. The Hall–Kier alpha value is -3.60. The topological polar surface area (TPSA) is 58.6 Å². The average Bonchev–Trinajstić information content (AvgIpc) is 2.85. The predicted octanol–water partition coefficient (Wildman–Crippen LogP) is 4.61. The molecule has 0 saturated carbocycles. The van der Waals surface area contributed by atoms with E-state index in [1.165, 1.54) is 0 Å². The van der Waals surface area contributed by atoms with E-state index < -0.39 is 6.04 Å². The largest absolute Gasteiger partial charge is 0.497 e. The summed E-state index contributed by atoms with van der Waals surface area (Å²) in [5, 5.41) is 3.04. The van der Waals surface area contributed by atoms with Crippen molar-refractivity contribution in [2.24, 2.45) is 5.92 Å². The van der Waals surface area contributed by atoms with Gasteiger partial charge in [-0.25, -0.2) is 0 Å². The van der Waals surface area contributed by atoms with Gasteiger partial charge in [-0.15, -0.1) is 0 Å². The molecule has 0 radical (unpaired) electrons. The van der Waals surface area contributed by atoms with E-state index in [9.17, 15) is 9.59 Å². The van der Waals surface area contributed by atoms with Gasteiger partial charge in [-0.2, -0.15) is 0 Å². The minimum Gasteiger partial charge on any atom is -0.497 e. The van der Waals surface area contributed by atoms with Crippen LogP contribution in [-0.2, 0) is 29.1 Å². The number of hydrogen-bond donors (Lipinski definition) is 1. The lowest BCUT2D eigenvalue weighted by Gasteiger charge is -2.33. The highest BCUT2D eigenvalue weighted by Crippen LogP contribution is 2.19. The van der Waals surface area contributed by atoms with E-state index in [2.05, 4.69) is 5.32 Å². The zero-order valence-corrected chi connectivity index (χ0v) is 19.5. The van der Waals surface area contributed by atoms with Gasteiger partial charge in [0.1, 0.15) is 11.8 Å². The van der Waals surface area contributed by atoms with E-state index in [0.717, 1.165) is 22.4 Å². The third kappa shape index (κ3) is 6.94. The fraction of sp³-hybridized carbons (Fsp3) is 0.286. The average molecular weight is 445 g/mol. The minimum atomic E-state index is -0.631. The van der Waals surface area contributed by atoms with Crippen molar-refractivity contribution < 1.29 is 14.3 Å². The summed E-state index contributed by atoms with van der Waals surface area (Å²) < 4.78 is 5.25. The lowest BCUT2D eigenvalue weighted by atomic mass is 10.0. The molecule has 0 spiro atoms. The molecular weight excluding hydrogens is 412 g/mol. The van der Waals surface area contributed by atoms with E-state index in [1.807, 2.05) is 98.8 Å². The van der Waals surface area contributed by atoms with Crippen molar-refractivity contribution in [2.45, 2.75) is 39.4 Å². The molecule has 0 heterocycles. The Morgan fingerprint density at radius 3 is 1.94 bits per heavy atom. The number of rotatable bonds is 10. The first-order valence-electron chi connectivity index (χ1n) is 11.3. The Kier molecular flexibility index (Phi) is 8.64. The van der Waals surface area contributed by atoms with Gasteiger partial charge in [-0.1, -0.05) is 86.6 Å². The molecule has 2 amide bonds. The fourth-order valence-corrected chi connectivity index (χ4v) is 3.69. The van der Waals surface area contributed by atoms with Gasteiger partial charge >= 0.3 is 0 Å². The van der Waals surface area contributed by atoms with Crippen LogP contribution in [0.25, 0.3) is 0 Å². The van der Waals surface area contributed by atoms with Crippen LogP contribution in [0.4, 0.5) is 0 Å². The van der Waals surface area contributed by atoms with E-state index in [4.69, 9.17) is 4.74 Å². The Bertz CT molecular complexity index is 1020. The first kappa shape index (κ1) is 24.1. The van der Waals surface area contributed by atoms with Crippen LogP contribution >= 0.6 is 0 Å². The van der Waals surface area contributed by atoms with Crippen molar-refractivity contribution in [3.05, 3.63) is 102 Å². The number of nitrogens with one attached hydrogen (secondary N) is 1. The highest BCUT2D eigenvalue weighted by molar-refractivity contribution is 5.88. The first-order chi connectivity index (χ1) is 16.0. The highest BCUT2D eigenvalue weighted by atomic mass is 16.5. The number of carbonyl (C=O) groups excluding carboxylic acids is 2. The predicted molar refractivity (Wildman–Crippen MR) is 131 cm³/mol. The Labute approximate surface area is 196 Å². The number of hydrogen-bond acceptors (Lipinski definition) is 3. The molecule has 33 heavy (non-hydrogen) atoms. The minimum absolute atomic E-state index is 0.0541. The van der Waals surface area contributed by atoms with Crippen LogP contribution < -0.4 is 10.1 Å². The van der Waals surface area contributed by atoms with Gasteiger partial charge in [0.2, 0.25) is 11.8 Å². The molecule has 172 valence electrons. The summed E-state index contributed by atoms with van der Waals surface area (Å²) in [4.78, 5) is 28.5. The third-order valence-corrected chi connectivity index (χ3v) is 5.55. The molecule has 0 bridgehead atoms. The van der Waals surface area contributed by atoms with Crippen LogP contribution in [0.5, 0.6) is 5.75 Å². The number of ether oxygens (including phenoxy) is 1. The third-order valence-electron chi connectivity index (χ3n) is 5.55. The lowest BCUT2D eigenvalue weighted by molar-refractivity contribution is -0.143. The molecule has 0 fully saturated rings. The molecule has 0 aromatic heterocycles. The van der Waals surface area contributed by atoms with Gasteiger partial charge in [-0.05, 0) is 28.8 Å². The molecule has 3 rings (SSSR count). The number of nitrogens with zero attached hydrogens (tertiary/aromatic N) is 1. The first-order valence-corrected chi connectivity index (χ1v) is 11.3. The Balaban J connectivity index is 1.88. The molecule has 0 saturated heterocycles. The molecule has 5 nitrogen and oxygen atoms in total. The van der Waals surface area contributed by atoms with Gasteiger partial charge in [0.05, 0.1) is 7.11 Å². The molecule has 0 aliphatic carbocycles. The lowest BCUT2D eigenvalue weighted by Crippen LogP contribution is -2.51. The number of amides is 2. The SMILES string of the molecule is COc1ccc(CN(C(=O)C(C)C)[C@H](Cc2ccccc2)C(=O)NCc2ccccc2)cc1. The summed E-state index contributed by atoms with van der Waals surface area (Å²) in [6, 6.07) is 26.6. The summed E-state index contributed by atoms with van der Waals surface area (Å²) in [7, 11) is 1.62. The maximum Gasteiger partial charge on any atom is 0.243 e. The van der Waals surface area contributed by atoms with Gasteiger partial charge < -0.3 is 15.0 Å². The zero-order valence-electron chi connectivity index (χ0n) is 19.5. The summed E-state index contributed by atoms with van der Waals surface area (Å²) in [6.45, 7) is 4.49. The van der Waals surface area contributed by atoms with Gasteiger partial charge in [-0.3, -0.25) is 9.59 Å². The Morgan fingerprint density at radius 2 is 1.39 bits per heavy atom. The Morgan fingerprint density at radius 1 is 0.818 bits per heavy atom. The second-order valence-corrected chi connectivity index (χ2v) is 8.38. The monoisotopic (exact) mass is 444 g/mol. The van der Waals surface area contributed by atoms with Gasteiger partial charge in [0, 0.05) is 25.4 Å². The van der Waals surface area contributed by atoms with Gasteiger partial charge in [0.15, 0.2) is 0 Å². The molecule has 1 N–H and O–H groups in total. The molecule has 0 aliphatic heterocycles. The fourth-order valence-electron chi connectivity index (χ4n) is 3.69. The van der Waals surface area contributed by atoms with E-state index in [-0.39, 0.29) is 17.7 Å². The molecule has 3 aromatic rings. The quantitative estimate of drug-likeness (QED) is 0.497. The summed E-state index contributed by atoms with van der Waals surface area (Å²) >= 11 is 0. The smallest absolute Gasteiger partial charge is 0.243 e. The van der Waals surface area contributed by atoms with E-state index in [0.29, 0.717) is 19.5 Å². The second-order valence-electron chi connectivity index (χ2n) is 8.38. The zero-order chi connectivity index (χ0) is 23.6. The molecular formula is C28H32N2O3. The number of carbonyl (C=O) groups is 2. The maximum atomic E-state index is 13.5. The van der Waals surface area contributed by atoms with Crippen molar-refractivity contribution in [2.75, 3.05) is 7.11 Å². The summed E-state index contributed by atoms with van der Waals surface area (Å²) in [6.07, 6.45) is 0.441. The normalized spacial score (nSPS) is 11.6. The van der Waals surface area contributed by atoms with Crippen molar-refractivity contribution >= 4 is 11.8 Å². The van der Waals surface area contributed by atoms with Crippen LogP contribution in [0.1, 0.15) is 30.5 Å². The van der Waals surface area contributed by atoms with Crippen molar-refractivity contribution in [1.29, 1.82) is 0 Å². The number of methoxy groups -OCH3 is 1. The van der Waals surface area contributed by atoms with Crippen LogP contribution in [-0.4, -0.2) is 29.9 Å².